The predicted octanol–water partition coefficient (Wildman–Crippen LogP) is 2.48. The number of carbonyl (C=O) groups excluding carboxylic acids is 3. The Hall–Kier alpha value is -3.87. The molecule has 43 heavy (non-hydrogen) atoms. The van der Waals surface area contributed by atoms with Crippen LogP contribution in [0.2, 0.25) is 0 Å². The second kappa shape index (κ2) is 15.6. The molecule has 13 heteroatoms. The third kappa shape index (κ3) is 9.06. The Labute approximate surface area is 255 Å². The van der Waals surface area contributed by atoms with Crippen molar-refractivity contribution >= 4 is 57.3 Å². The van der Waals surface area contributed by atoms with Crippen LogP contribution in [0.15, 0.2) is 41.4 Å². The molecule has 12 nitrogen and oxygen atoms in total. The molecule has 0 saturated heterocycles. The Morgan fingerprint density at radius 3 is 2.49 bits per heavy atom. The molecule has 0 fully saturated rings. The first-order chi connectivity index (χ1) is 20.8. The van der Waals surface area contributed by atoms with Gasteiger partial charge >= 0.3 is 0 Å². The summed E-state index contributed by atoms with van der Waals surface area (Å²) in [5.74, 6) is -1.12. The predicted molar refractivity (Wildman–Crippen MR) is 166 cm³/mol. The maximum Gasteiger partial charge on any atom is 0.243 e. The normalized spacial score (nSPS) is 20.6. The van der Waals surface area contributed by atoms with E-state index < -0.39 is 18.0 Å². The molecule has 7 N–H and O–H groups in total. The number of benzene rings is 2. The second-order valence-electron chi connectivity index (χ2n) is 10.8. The van der Waals surface area contributed by atoms with Gasteiger partial charge in [0.25, 0.3) is 0 Å². The smallest absolute Gasteiger partial charge is 0.243 e. The van der Waals surface area contributed by atoms with E-state index in [-0.39, 0.29) is 43.3 Å². The van der Waals surface area contributed by atoms with Crippen molar-refractivity contribution in [3.05, 3.63) is 47.5 Å². The van der Waals surface area contributed by atoms with E-state index in [1.54, 1.807) is 0 Å². The number of H-pyrrole nitrogens is 1. The summed E-state index contributed by atoms with van der Waals surface area (Å²) in [6.45, 7) is 1.81. The maximum absolute atomic E-state index is 13.6. The van der Waals surface area contributed by atoms with Crippen LogP contribution in [0.3, 0.4) is 0 Å². The van der Waals surface area contributed by atoms with Crippen LogP contribution in [0.4, 0.5) is 0 Å². The van der Waals surface area contributed by atoms with Gasteiger partial charge in [0.1, 0.15) is 18.7 Å². The van der Waals surface area contributed by atoms with Crippen molar-refractivity contribution in [3.63, 3.8) is 0 Å². The van der Waals surface area contributed by atoms with E-state index in [0.717, 1.165) is 46.6 Å². The molecule has 3 atom stereocenters. The summed E-state index contributed by atoms with van der Waals surface area (Å²) in [7, 11) is 1.42. The van der Waals surface area contributed by atoms with Crippen LogP contribution in [-0.2, 0) is 37.0 Å². The van der Waals surface area contributed by atoms with Gasteiger partial charge in [-0.25, -0.2) is 9.78 Å². The van der Waals surface area contributed by atoms with E-state index in [4.69, 9.17) is 27.3 Å². The fraction of sp³-hybridized carbons (Fsp3) is 0.467. The number of aliphatic imine (C=N–C) groups is 1. The van der Waals surface area contributed by atoms with Crippen LogP contribution < -0.4 is 26.5 Å². The Morgan fingerprint density at radius 1 is 1.07 bits per heavy atom. The average molecular weight is 614 g/mol. The highest BCUT2D eigenvalue weighted by molar-refractivity contribution is 6.21. The van der Waals surface area contributed by atoms with E-state index in [9.17, 15) is 14.4 Å². The van der Waals surface area contributed by atoms with Crippen LogP contribution in [0.1, 0.15) is 50.2 Å². The minimum atomic E-state index is -0.897. The van der Waals surface area contributed by atoms with Gasteiger partial charge in [-0.15, -0.1) is 0 Å². The molecule has 232 valence electrons. The molecule has 2 heterocycles. The van der Waals surface area contributed by atoms with Crippen molar-refractivity contribution < 1.29 is 24.2 Å². The van der Waals surface area contributed by atoms with Crippen molar-refractivity contribution in [1.29, 1.82) is 0 Å². The number of nitrogens with zero attached hydrogens (tertiary/aromatic N) is 1. The number of guanidine groups is 1. The minimum absolute atomic E-state index is 0.0604. The van der Waals surface area contributed by atoms with Crippen molar-refractivity contribution in [3.8, 4) is 0 Å². The van der Waals surface area contributed by atoms with E-state index in [1.165, 1.54) is 19.6 Å². The highest BCUT2D eigenvalue weighted by atomic mass is 35.5. The monoisotopic (exact) mass is 613 g/mol. The topological polar surface area (TPSA) is 172 Å². The summed E-state index contributed by atoms with van der Waals surface area (Å²) in [5.41, 5.74) is 9.74. The van der Waals surface area contributed by atoms with Gasteiger partial charge in [0, 0.05) is 53.5 Å². The highest BCUT2D eigenvalue weighted by Gasteiger charge is 2.28. The maximum atomic E-state index is 13.6. The highest BCUT2D eigenvalue weighted by Crippen LogP contribution is 2.28. The molecular weight excluding hydrogens is 574 g/mol. The van der Waals surface area contributed by atoms with Crippen LogP contribution in [-0.4, -0.2) is 67.1 Å². The molecule has 3 aromatic rings. The quantitative estimate of drug-likeness (QED) is 0.0565. The van der Waals surface area contributed by atoms with Crippen molar-refractivity contribution in [1.82, 2.24) is 25.8 Å². The standard InChI is InChI=1S/C30H40ClN7O5/c1-18(39)34-27-16-20-10-12-25-23(15-20)22-14-19(9-11-24(22)36-25)6-3-4-7-21(17-43-42-2)35-28(40)26(37-29(27)41)8-5-13-33-30(32)38-31/h9-12,14-15,21,26-27,36H,3-8,13,16-17H2,1-2H3,(H,34,39)(H,35,40)(H,37,41)(H3,32,33,38)/t21-,26-,27?/m0/s1. The Kier molecular flexibility index (Phi) is 11.6. The Bertz CT molecular complexity index is 1460. The third-order valence-electron chi connectivity index (χ3n) is 7.53. The van der Waals surface area contributed by atoms with Crippen LogP contribution in [0, 0.1) is 0 Å². The number of fused-ring (bicyclic) bond motifs is 2. The molecule has 1 aliphatic heterocycles. The van der Waals surface area contributed by atoms with E-state index >= 15 is 0 Å². The third-order valence-corrected chi connectivity index (χ3v) is 7.72. The number of aromatic amines is 1. The molecule has 0 spiro atoms. The number of rotatable bonds is 8. The summed E-state index contributed by atoms with van der Waals surface area (Å²) in [5, 5.41) is 10.8. The molecular formula is C30H40ClN7O5. The lowest BCUT2D eigenvalue weighted by molar-refractivity contribution is -0.276. The van der Waals surface area contributed by atoms with E-state index in [2.05, 4.69) is 55.0 Å². The fourth-order valence-corrected chi connectivity index (χ4v) is 5.46. The van der Waals surface area contributed by atoms with Gasteiger partial charge in [-0.1, -0.05) is 18.6 Å². The average Bonchev–Trinajstić information content (AvgIpc) is 3.35. The molecule has 0 aliphatic carbocycles. The lowest BCUT2D eigenvalue weighted by Gasteiger charge is -2.25. The minimum Gasteiger partial charge on any atom is -0.369 e. The second-order valence-corrected chi connectivity index (χ2v) is 11.0. The van der Waals surface area contributed by atoms with Gasteiger partial charge in [-0.2, -0.15) is 0 Å². The van der Waals surface area contributed by atoms with Gasteiger partial charge in [0.2, 0.25) is 23.7 Å². The molecule has 3 amide bonds. The molecule has 1 aliphatic rings. The first-order valence-electron chi connectivity index (χ1n) is 14.5. The van der Waals surface area contributed by atoms with Gasteiger partial charge in [-0.3, -0.25) is 24.2 Å². The number of halogens is 1. The van der Waals surface area contributed by atoms with E-state index in [0.29, 0.717) is 19.4 Å². The van der Waals surface area contributed by atoms with Crippen LogP contribution in [0.25, 0.3) is 21.8 Å². The molecule has 4 bridgehead atoms. The lowest BCUT2D eigenvalue weighted by atomic mass is 9.99. The van der Waals surface area contributed by atoms with Crippen molar-refractivity contribution in [2.24, 2.45) is 10.7 Å². The number of carbonyl (C=O) groups is 3. The van der Waals surface area contributed by atoms with Crippen LogP contribution >= 0.6 is 11.8 Å². The van der Waals surface area contributed by atoms with Gasteiger partial charge in [-0.05, 0) is 67.5 Å². The molecule has 0 saturated carbocycles. The lowest BCUT2D eigenvalue weighted by Crippen LogP contribution is -2.55. The SMILES string of the molecule is COOC[C@@H]1CCCCc2ccc3[nH]c4ccc(cc4c3c2)CC(NC(C)=O)C(=O)N[C@@H](CCCN=C(N)NCl)C(=O)N1. The summed E-state index contributed by atoms with van der Waals surface area (Å²) in [6.07, 6.45) is 4.28. The number of hydrogen-bond acceptors (Lipinski definition) is 6. The number of hydrogen-bond donors (Lipinski definition) is 6. The molecule has 0 radical (unpaired) electrons. The largest absolute Gasteiger partial charge is 0.369 e. The van der Waals surface area contributed by atoms with Gasteiger partial charge in [0.05, 0.1) is 13.2 Å². The molecule has 4 rings (SSSR count). The number of nitrogens with one attached hydrogen (secondary N) is 5. The zero-order valence-corrected chi connectivity index (χ0v) is 25.3. The zero-order chi connectivity index (χ0) is 30.8. The number of aromatic nitrogens is 1. The van der Waals surface area contributed by atoms with Crippen molar-refractivity contribution in [2.75, 3.05) is 20.3 Å². The summed E-state index contributed by atoms with van der Waals surface area (Å²) in [4.78, 5) is 59.1. The number of nitrogens with two attached hydrogens (primary N) is 1. The summed E-state index contributed by atoms with van der Waals surface area (Å²) >= 11 is 5.47. The van der Waals surface area contributed by atoms with Gasteiger partial charge in [0.15, 0.2) is 0 Å². The fourth-order valence-electron chi connectivity index (χ4n) is 5.40. The number of amides is 3. The summed E-state index contributed by atoms with van der Waals surface area (Å²) in [6, 6.07) is 10.3. The number of aryl methyl sites for hydroxylation is 1. The molecule has 2 aromatic carbocycles. The van der Waals surface area contributed by atoms with Crippen LogP contribution in [0.5, 0.6) is 0 Å². The van der Waals surface area contributed by atoms with Crippen molar-refractivity contribution in [2.45, 2.75) is 70.0 Å². The zero-order valence-electron chi connectivity index (χ0n) is 24.5. The molecule has 1 unspecified atom stereocenters. The first-order valence-corrected chi connectivity index (χ1v) is 14.9. The first kappa shape index (κ1) is 32.1. The Morgan fingerprint density at radius 2 is 1.79 bits per heavy atom. The Balaban J connectivity index is 1.66. The molecule has 1 aromatic heterocycles. The van der Waals surface area contributed by atoms with Gasteiger partial charge < -0.3 is 26.7 Å². The van der Waals surface area contributed by atoms with E-state index in [1.807, 2.05) is 12.1 Å². The summed E-state index contributed by atoms with van der Waals surface area (Å²) < 4.78 is 0.